The number of Topliss-reactive ketones (excluding diaryl/α,β-unsaturated/α-hetero) is 4. The van der Waals surface area contributed by atoms with Crippen LogP contribution in [0, 0.1) is 17.8 Å². The number of aliphatic carboxylic acids is 1. The molecule has 79 heavy (non-hydrogen) atoms. The number of ketones is 4. The van der Waals surface area contributed by atoms with Crippen LogP contribution < -0.4 is 41.9 Å². The second kappa shape index (κ2) is 33.5. The topological polar surface area (TPSA) is 366 Å². The van der Waals surface area contributed by atoms with E-state index in [1.54, 1.807) is 102 Å². The molecule has 20 nitrogen and oxygen atoms in total. The van der Waals surface area contributed by atoms with E-state index in [1.165, 1.54) is 12.1 Å². The molecular weight excluding hydrogens is 1180 g/mol. The standard InChI is InChI=1S/C55H68As2N6O14S2/c1-56(76)39-13-8-35(9-14-39)23-43(65)30-78-29-38(55(74)75)27-49(68)46(28-51(60)70)63-53(72)36(12-21-50(59)69)25-48(67)45(24-33-6-4-3-5-7-33)62-54(73)37(22-34-10-19-42(64)20-11-34)26-47(66)44(58)31-79-32-52(71)61-41-17-15-40(16-18-41)57(2)77/h3-11,13-20,36-38,44-46,64,76-77H,12,21-32,58H2,1-2H3,(H2,59,69)(H2,60,70)(H,61,71)(H,62,73)(H,63,72)(H,74,75). The molecule has 4 aromatic carbocycles. The summed E-state index contributed by atoms with van der Waals surface area (Å²) in [5.41, 5.74) is 23.2. The summed E-state index contributed by atoms with van der Waals surface area (Å²) >= 11 is -2.07. The Kier molecular flexibility index (Phi) is 27.7. The molecule has 4 aromatic rings. The first-order valence-electron chi connectivity index (χ1n) is 25.0. The fourth-order valence-electron chi connectivity index (χ4n) is 8.07. The molecule has 0 saturated heterocycles. The van der Waals surface area contributed by atoms with Crippen LogP contribution in [0.3, 0.4) is 0 Å². The number of carbonyl (C=O) groups excluding carboxylic acids is 9. The molecule has 0 aliphatic carbocycles. The molecule has 8 atom stereocenters. The number of hydrogen-bond acceptors (Lipinski definition) is 16. The molecule has 0 bridgehead atoms. The van der Waals surface area contributed by atoms with Gasteiger partial charge in [-0.1, -0.05) is 42.5 Å². The Morgan fingerprint density at radius 1 is 0.570 bits per heavy atom. The normalized spacial score (nSPS) is 14.2. The number of carboxylic acid groups (broad SMARTS) is 1. The second-order valence-corrected chi connectivity index (χ2v) is 27.6. The van der Waals surface area contributed by atoms with Crippen molar-refractivity contribution in [1.29, 1.82) is 0 Å². The summed E-state index contributed by atoms with van der Waals surface area (Å²) < 4.78 is 21.5. The van der Waals surface area contributed by atoms with E-state index in [-0.39, 0.29) is 66.1 Å². The Labute approximate surface area is 476 Å². The maximum atomic E-state index is 14.5. The Hall–Kier alpha value is -6.12. The van der Waals surface area contributed by atoms with Crippen molar-refractivity contribution in [3.8, 4) is 5.75 Å². The number of benzene rings is 4. The van der Waals surface area contributed by atoms with Crippen molar-refractivity contribution in [3.63, 3.8) is 0 Å². The van der Waals surface area contributed by atoms with Crippen molar-refractivity contribution in [2.24, 2.45) is 35.0 Å². The predicted molar refractivity (Wildman–Crippen MR) is 305 cm³/mol. The van der Waals surface area contributed by atoms with Gasteiger partial charge in [-0.3, -0.25) is 28.8 Å². The SMILES string of the molecule is C[As](O)c1ccc(CC(=O)CSCC(CC(=O)C(CC(N)=O)NC(=O)C(CCC(N)=O)CC(=O)C(Cc2ccccc2)NC(=O)C(CC(=O)C(N)CSCC(=O)Nc2ccc([As](C)O)cc2)Cc2ccc(O)cc2)C(=O)O)cc1. The average molecular weight is 1250 g/mol. The Bertz CT molecular complexity index is 2740. The van der Waals surface area contributed by atoms with Crippen LogP contribution >= 0.6 is 23.5 Å². The Morgan fingerprint density at radius 2 is 1.09 bits per heavy atom. The fourth-order valence-corrected chi connectivity index (χ4v) is 12.3. The zero-order valence-electron chi connectivity index (χ0n) is 43.8. The number of rotatable bonds is 36. The molecular formula is C55H68As2N6O14S2. The third-order valence-electron chi connectivity index (χ3n) is 12.5. The van der Waals surface area contributed by atoms with Gasteiger partial charge in [-0.25, -0.2) is 0 Å². The van der Waals surface area contributed by atoms with Crippen molar-refractivity contribution in [2.45, 2.75) is 87.3 Å². The van der Waals surface area contributed by atoms with Crippen molar-refractivity contribution >= 4 is 127 Å². The molecule has 4 rings (SSSR count). The predicted octanol–water partition coefficient (Wildman–Crippen LogP) is 0.984. The Balaban J connectivity index is 1.48. The summed E-state index contributed by atoms with van der Waals surface area (Å²) in [7, 11) is 0. The summed E-state index contributed by atoms with van der Waals surface area (Å²) in [6.07, 6.45) is -3.24. The number of carboxylic acids is 1. The molecule has 0 aromatic heterocycles. The van der Waals surface area contributed by atoms with Gasteiger partial charge in [-0.2, -0.15) is 0 Å². The van der Waals surface area contributed by atoms with Crippen LogP contribution in [0.15, 0.2) is 103 Å². The van der Waals surface area contributed by atoms with Gasteiger partial charge in [-0.05, 0) is 42.5 Å². The summed E-state index contributed by atoms with van der Waals surface area (Å²) in [5, 5.41) is 28.0. The van der Waals surface area contributed by atoms with Crippen LogP contribution in [0.25, 0.3) is 0 Å². The van der Waals surface area contributed by atoms with E-state index in [0.717, 1.165) is 32.2 Å². The van der Waals surface area contributed by atoms with E-state index in [0.29, 0.717) is 22.4 Å². The number of hydrogen-bond donors (Lipinski definition) is 10. The van der Waals surface area contributed by atoms with Crippen molar-refractivity contribution in [3.05, 3.63) is 120 Å². The van der Waals surface area contributed by atoms with Gasteiger partial charge in [0.05, 0.1) is 18.5 Å². The van der Waals surface area contributed by atoms with Crippen LogP contribution in [0.5, 0.6) is 5.75 Å². The van der Waals surface area contributed by atoms with Gasteiger partial charge in [0.25, 0.3) is 0 Å². The third kappa shape index (κ3) is 24.0. The number of primary amides is 2. The number of amides is 5. The first-order valence-corrected chi connectivity index (χ1v) is 34.7. The zero-order valence-corrected chi connectivity index (χ0v) is 49.2. The molecule has 24 heteroatoms. The minimum atomic E-state index is -2.09. The second-order valence-electron chi connectivity index (χ2n) is 19.0. The van der Waals surface area contributed by atoms with Crippen LogP contribution in [-0.2, 0) is 67.2 Å². The summed E-state index contributed by atoms with van der Waals surface area (Å²) in [6, 6.07) is 24.2. The van der Waals surface area contributed by atoms with Crippen molar-refractivity contribution in [1.82, 2.24) is 10.6 Å². The van der Waals surface area contributed by atoms with E-state index < -0.39 is 145 Å². The number of anilines is 1. The van der Waals surface area contributed by atoms with Gasteiger partial charge < -0.3 is 27.2 Å². The van der Waals surface area contributed by atoms with Crippen LogP contribution in [0.1, 0.15) is 55.2 Å². The van der Waals surface area contributed by atoms with Gasteiger partial charge in [-0.15, -0.1) is 0 Å². The van der Waals surface area contributed by atoms with E-state index in [2.05, 4.69) is 16.0 Å². The molecule has 13 N–H and O–H groups in total. The number of nitrogens with one attached hydrogen (secondary N) is 3. The molecule has 0 heterocycles. The van der Waals surface area contributed by atoms with Gasteiger partial charge in [0.1, 0.15) is 5.75 Å². The van der Waals surface area contributed by atoms with E-state index in [9.17, 15) is 66.3 Å². The molecule has 5 amide bonds. The van der Waals surface area contributed by atoms with E-state index in [4.69, 9.17) is 17.2 Å². The molecule has 0 fully saturated rings. The number of nitrogens with two attached hydrogens (primary N) is 3. The number of aromatic hydroxyl groups is 1. The van der Waals surface area contributed by atoms with Gasteiger partial charge >= 0.3 is 260 Å². The van der Waals surface area contributed by atoms with Crippen LogP contribution in [-0.4, -0.2) is 148 Å². The van der Waals surface area contributed by atoms with Crippen molar-refractivity contribution < 1.29 is 66.3 Å². The van der Waals surface area contributed by atoms with Crippen molar-refractivity contribution in [2.75, 3.05) is 28.3 Å². The van der Waals surface area contributed by atoms with E-state index >= 15 is 0 Å². The number of phenols is 1. The number of phenolic OH excluding ortho intramolecular Hbond substituents is 1. The minimum absolute atomic E-state index is 0.0223. The first kappa shape index (κ1) is 65.4. The average Bonchev–Trinajstić information content (AvgIpc) is 3.40. The maximum absolute atomic E-state index is 14.5. The molecule has 0 aliphatic rings. The number of carbonyl (C=O) groups is 10. The fraction of sp³-hybridized carbons (Fsp3) is 0.382. The third-order valence-corrected chi connectivity index (χ3v) is 19.1. The zero-order chi connectivity index (χ0) is 58.2. The molecule has 424 valence electrons. The first-order chi connectivity index (χ1) is 37.5. The molecule has 0 saturated carbocycles. The molecule has 0 aliphatic heterocycles. The van der Waals surface area contributed by atoms with Gasteiger partial charge in [0.2, 0.25) is 23.6 Å². The van der Waals surface area contributed by atoms with Crippen LogP contribution in [0.4, 0.5) is 5.69 Å². The monoisotopic (exact) mass is 1250 g/mol. The Morgan fingerprint density at radius 3 is 1.67 bits per heavy atom. The molecule has 0 radical (unpaired) electrons. The number of thioether (sulfide) groups is 2. The van der Waals surface area contributed by atoms with Gasteiger partial charge in [0.15, 0.2) is 5.78 Å². The quantitative estimate of drug-likeness (QED) is 0.0284. The van der Waals surface area contributed by atoms with E-state index in [1.807, 2.05) is 0 Å². The molecule has 8 unspecified atom stereocenters. The summed E-state index contributed by atoms with van der Waals surface area (Å²) in [6.45, 7) is 0. The summed E-state index contributed by atoms with van der Waals surface area (Å²) in [4.78, 5) is 133. The van der Waals surface area contributed by atoms with Crippen LogP contribution in [0.2, 0.25) is 11.4 Å². The summed E-state index contributed by atoms with van der Waals surface area (Å²) in [5.74, 6) is -11.8. The molecule has 0 spiro atoms. The van der Waals surface area contributed by atoms with Gasteiger partial charge in [0, 0.05) is 24.7 Å².